The molecular formula is C7H14N2. The highest BCUT2D eigenvalue weighted by Gasteiger charge is 2.52. The van der Waals surface area contributed by atoms with Gasteiger partial charge in [-0.15, -0.1) is 0 Å². The Hall–Kier alpha value is -0.0800. The Labute approximate surface area is 56.0 Å². The molecule has 1 saturated carbocycles. The van der Waals surface area contributed by atoms with Crippen molar-refractivity contribution in [3.63, 3.8) is 0 Å². The van der Waals surface area contributed by atoms with Crippen molar-refractivity contribution in [1.29, 1.82) is 0 Å². The largest absolute Gasteiger partial charge is 0.327 e. The van der Waals surface area contributed by atoms with Crippen molar-refractivity contribution >= 4 is 0 Å². The molecule has 0 aromatic rings. The monoisotopic (exact) mass is 126 g/mol. The van der Waals surface area contributed by atoms with Crippen LogP contribution in [0.1, 0.15) is 6.92 Å². The predicted molar refractivity (Wildman–Crippen MR) is 37.1 cm³/mol. The molecule has 2 nitrogen and oxygen atoms in total. The van der Waals surface area contributed by atoms with Gasteiger partial charge in [0.05, 0.1) is 0 Å². The molecule has 0 aromatic heterocycles. The van der Waals surface area contributed by atoms with Crippen molar-refractivity contribution in [2.75, 3.05) is 19.6 Å². The topological polar surface area (TPSA) is 29.3 Å². The fraction of sp³-hybridized carbons (Fsp3) is 1.00. The molecule has 2 aliphatic rings. The first-order chi connectivity index (χ1) is 4.33. The van der Waals surface area contributed by atoms with E-state index in [0.717, 1.165) is 11.8 Å². The number of nitrogens with two attached hydrogens (primary N) is 1. The lowest BCUT2D eigenvalue weighted by Gasteiger charge is -2.14. The molecule has 0 unspecified atom stereocenters. The zero-order chi connectivity index (χ0) is 6.43. The van der Waals surface area contributed by atoms with E-state index in [9.17, 15) is 0 Å². The van der Waals surface area contributed by atoms with E-state index in [1.165, 1.54) is 19.6 Å². The van der Waals surface area contributed by atoms with Crippen LogP contribution in [0.5, 0.6) is 0 Å². The second-order valence-corrected chi connectivity index (χ2v) is 3.26. The Morgan fingerprint density at radius 3 is 2.44 bits per heavy atom. The first kappa shape index (κ1) is 5.69. The average molecular weight is 126 g/mol. The number of piperidine rings is 1. The van der Waals surface area contributed by atoms with E-state index in [4.69, 9.17) is 5.73 Å². The van der Waals surface area contributed by atoms with Gasteiger partial charge in [0.2, 0.25) is 0 Å². The summed E-state index contributed by atoms with van der Waals surface area (Å²) in [7, 11) is 0. The van der Waals surface area contributed by atoms with Crippen LogP contribution in [0.3, 0.4) is 0 Å². The van der Waals surface area contributed by atoms with Crippen LogP contribution in [-0.2, 0) is 0 Å². The van der Waals surface area contributed by atoms with Gasteiger partial charge in [0.1, 0.15) is 0 Å². The minimum absolute atomic E-state index is 0.563. The van der Waals surface area contributed by atoms with E-state index >= 15 is 0 Å². The maximum atomic E-state index is 5.76. The smallest absolute Gasteiger partial charge is 0.0127 e. The number of hydrogen-bond acceptors (Lipinski definition) is 2. The van der Waals surface area contributed by atoms with Crippen molar-refractivity contribution in [1.82, 2.24) is 4.90 Å². The number of likely N-dealkylation sites (tertiary alicyclic amines) is 1. The number of fused-ring (bicyclic) bond motifs is 1. The highest BCUT2D eigenvalue weighted by molar-refractivity contribution is 5.08. The standard InChI is InChI=1S/C7H14N2/c1-2-9-3-5-6(4-9)7(5)8/h5-7H,2-4,8H2,1H3/t5-,6-/m1/s1. The van der Waals surface area contributed by atoms with Gasteiger partial charge in [-0.3, -0.25) is 0 Å². The van der Waals surface area contributed by atoms with Gasteiger partial charge in [-0.1, -0.05) is 6.92 Å². The normalized spacial score (nSPS) is 49.3. The third-order valence-electron chi connectivity index (χ3n) is 2.78. The number of rotatable bonds is 1. The second-order valence-electron chi connectivity index (χ2n) is 3.26. The molecule has 0 amide bonds. The van der Waals surface area contributed by atoms with Crippen LogP contribution >= 0.6 is 0 Å². The summed E-state index contributed by atoms with van der Waals surface area (Å²) < 4.78 is 0. The molecule has 1 aliphatic carbocycles. The molecule has 2 rings (SSSR count). The number of nitrogens with zero attached hydrogens (tertiary/aromatic N) is 1. The quantitative estimate of drug-likeness (QED) is 0.531. The van der Waals surface area contributed by atoms with Gasteiger partial charge in [-0.05, 0) is 18.4 Å². The van der Waals surface area contributed by atoms with E-state index < -0.39 is 0 Å². The fourth-order valence-electron chi connectivity index (χ4n) is 1.92. The molecular weight excluding hydrogens is 112 g/mol. The summed E-state index contributed by atoms with van der Waals surface area (Å²) in [5, 5.41) is 0. The summed E-state index contributed by atoms with van der Waals surface area (Å²) >= 11 is 0. The van der Waals surface area contributed by atoms with Crippen LogP contribution in [0, 0.1) is 11.8 Å². The lowest BCUT2D eigenvalue weighted by molar-refractivity contribution is 0.314. The van der Waals surface area contributed by atoms with Crippen LogP contribution in [0.25, 0.3) is 0 Å². The van der Waals surface area contributed by atoms with Crippen molar-refractivity contribution in [3.05, 3.63) is 0 Å². The minimum Gasteiger partial charge on any atom is -0.327 e. The van der Waals surface area contributed by atoms with Gasteiger partial charge in [-0.25, -0.2) is 0 Å². The van der Waals surface area contributed by atoms with Gasteiger partial charge >= 0.3 is 0 Å². The highest BCUT2D eigenvalue weighted by atomic mass is 15.2. The molecule has 0 spiro atoms. The minimum atomic E-state index is 0.563. The first-order valence-electron chi connectivity index (χ1n) is 3.81. The fourth-order valence-corrected chi connectivity index (χ4v) is 1.92. The Kier molecular flexibility index (Phi) is 1.08. The number of hydrogen-bond donors (Lipinski definition) is 1. The van der Waals surface area contributed by atoms with Crippen LogP contribution < -0.4 is 5.73 Å². The van der Waals surface area contributed by atoms with E-state index in [0.29, 0.717) is 6.04 Å². The lowest BCUT2D eigenvalue weighted by atomic mass is 10.4. The molecule has 1 heterocycles. The van der Waals surface area contributed by atoms with Crippen LogP contribution in [0.4, 0.5) is 0 Å². The third-order valence-corrected chi connectivity index (χ3v) is 2.78. The summed E-state index contributed by atoms with van der Waals surface area (Å²) in [5.41, 5.74) is 5.76. The summed E-state index contributed by atoms with van der Waals surface area (Å²) in [4.78, 5) is 2.48. The SMILES string of the molecule is CCN1C[C@H]2C(N)[C@@H]2C1. The summed E-state index contributed by atoms with van der Waals surface area (Å²) in [5.74, 6) is 1.73. The first-order valence-corrected chi connectivity index (χ1v) is 3.81. The Morgan fingerprint density at radius 2 is 2.00 bits per heavy atom. The van der Waals surface area contributed by atoms with Crippen LogP contribution in [0.15, 0.2) is 0 Å². The molecule has 52 valence electrons. The van der Waals surface area contributed by atoms with E-state index in [2.05, 4.69) is 11.8 Å². The third kappa shape index (κ3) is 0.700. The van der Waals surface area contributed by atoms with E-state index in [1.807, 2.05) is 0 Å². The summed E-state index contributed by atoms with van der Waals surface area (Å²) in [6.45, 7) is 5.96. The van der Waals surface area contributed by atoms with Crippen molar-refractivity contribution < 1.29 is 0 Å². The van der Waals surface area contributed by atoms with Gasteiger partial charge in [0.15, 0.2) is 0 Å². The molecule has 1 aliphatic heterocycles. The van der Waals surface area contributed by atoms with Crippen molar-refractivity contribution in [2.24, 2.45) is 17.6 Å². The maximum absolute atomic E-state index is 5.76. The van der Waals surface area contributed by atoms with Gasteiger partial charge in [0, 0.05) is 19.1 Å². The summed E-state index contributed by atoms with van der Waals surface area (Å²) in [6, 6.07) is 0.563. The van der Waals surface area contributed by atoms with Crippen LogP contribution in [-0.4, -0.2) is 30.6 Å². The Morgan fingerprint density at radius 1 is 1.44 bits per heavy atom. The molecule has 9 heavy (non-hydrogen) atoms. The zero-order valence-electron chi connectivity index (χ0n) is 5.88. The Balaban J connectivity index is 1.89. The van der Waals surface area contributed by atoms with Gasteiger partial charge in [-0.2, -0.15) is 0 Å². The molecule has 2 atom stereocenters. The van der Waals surface area contributed by atoms with Gasteiger partial charge in [0.25, 0.3) is 0 Å². The zero-order valence-corrected chi connectivity index (χ0v) is 5.88. The van der Waals surface area contributed by atoms with Gasteiger partial charge < -0.3 is 10.6 Å². The van der Waals surface area contributed by atoms with E-state index in [-0.39, 0.29) is 0 Å². The molecule has 1 saturated heterocycles. The van der Waals surface area contributed by atoms with Crippen molar-refractivity contribution in [2.45, 2.75) is 13.0 Å². The predicted octanol–water partition coefficient (Wildman–Crippen LogP) is -0.105. The lowest BCUT2D eigenvalue weighted by Crippen LogP contribution is -2.27. The molecule has 2 N–H and O–H groups in total. The molecule has 0 bridgehead atoms. The maximum Gasteiger partial charge on any atom is 0.0127 e. The molecule has 0 aromatic carbocycles. The summed E-state index contributed by atoms with van der Waals surface area (Å²) in [6.07, 6.45) is 0. The molecule has 2 heteroatoms. The molecule has 2 fully saturated rings. The second kappa shape index (κ2) is 1.70. The Bertz CT molecular complexity index is 112. The molecule has 0 radical (unpaired) electrons. The van der Waals surface area contributed by atoms with Crippen LogP contribution in [0.2, 0.25) is 0 Å². The highest BCUT2D eigenvalue weighted by Crippen LogP contribution is 2.43. The average Bonchev–Trinajstić information content (AvgIpc) is 2.32. The van der Waals surface area contributed by atoms with E-state index in [1.54, 1.807) is 0 Å². The van der Waals surface area contributed by atoms with Crippen molar-refractivity contribution in [3.8, 4) is 0 Å².